The van der Waals surface area contributed by atoms with Crippen LogP contribution in [-0.2, 0) is 10.0 Å². The highest BCUT2D eigenvalue weighted by molar-refractivity contribution is 7.89. The molecule has 0 spiro atoms. The van der Waals surface area contributed by atoms with Gasteiger partial charge < -0.3 is 5.11 Å². The number of nitrogens with one attached hydrogen (secondary N) is 1. The van der Waals surface area contributed by atoms with Crippen LogP contribution in [0.3, 0.4) is 0 Å². The number of hydrogen-bond donors (Lipinski definition) is 2. The highest BCUT2D eigenvalue weighted by atomic mass is 32.2. The van der Waals surface area contributed by atoms with Gasteiger partial charge in [0.2, 0.25) is 10.0 Å². The van der Waals surface area contributed by atoms with Crippen LogP contribution >= 0.6 is 0 Å². The zero-order valence-electron chi connectivity index (χ0n) is 11.6. The molecule has 1 fully saturated rings. The number of benzene rings is 1. The maximum absolute atomic E-state index is 12.4. The van der Waals surface area contributed by atoms with Crippen molar-refractivity contribution in [2.24, 2.45) is 5.92 Å². The van der Waals surface area contributed by atoms with Gasteiger partial charge in [0.1, 0.15) is 0 Å². The highest BCUT2D eigenvalue weighted by Crippen LogP contribution is 2.26. The predicted octanol–water partition coefficient (Wildman–Crippen LogP) is 2.16. The van der Waals surface area contributed by atoms with Crippen molar-refractivity contribution in [1.29, 1.82) is 0 Å². The molecule has 5 nitrogen and oxygen atoms in total. The lowest BCUT2D eigenvalue weighted by Gasteiger charge is -2.15. The number of aryl methyl sites for hydroxylation is 1. The Hall–Kier alpha value is -1.40. The largest absolute Gasteiger partial charge is 0.478 e. The second-order valence-electron chi connectivity index (χ2n) is 5.52. The molecule has 0 heterocycles. The van der Waals surface area contributed by atoms with Crippen molar-refractivity contribution in [2.75, 3.05) is 0 Å². The summed E-state index contributed by atoms with van der Waals surface area (Å²) in [6.07, 6.45) is 2.68. The van der Waals surface area contributed by atoms with Gasteiger partial charge in [-0.25, -0.2) is 17.9 Å². The smallest absolute Gasteiger partial charge is 0.335 e. The summed E-state index contributed by atoms with van der Waals surface area (Å²) in [4.78, 5) is 11.0. The topological polar surface area (TPSA) is 83.5 Å². The van der Waals surface area contributed by atoms with Gasteiger partial charge in [-0.2, -0.15) is 0 Å². The molecule has 1 aromatic carbocycles. The SMILES string of the molecule is Cc1ccc(C(=O)O)cc1S(=O)(=O)NC1CCC(C)C1. The monoisotopic (exact) mass is 297 g/mol. The lowest BCUT2D eigenvalue weighted by Crippen LogP contribution is -2.33. The molecule has 0 saturated heterocycles. The minimum absolute atomic E-state index is 0.0178. The van der Waals surface area contributed by atoms with Gasteiger partial charge in [0.25, 0.3) is 0 Å². The number of sulfonamides is 1. The van der Waals surface area contributed by atoms with Crippen molar-refractivity contribution in [1.82, 2.24) is 4.72 Å². The normalized spacial score (nSPS) is 22.9. The van der Waals surface area contributed by atoms with Gasteiger partial charge in [-0.1, -0.05) is 13.0 Å². The summed E-state index contributed by atoms with van der Waals surface area (Å²) in [5.41, 5.74) is 0.532. The van der Waals surface area contributed by atoms with E-state index in [1.165, 1.54) is 18.2 Å². The van der Waals surface area contributed by atoms with Gasteiger partial charge in [0.15, 0.2) is 0 Å². The fourth-order valence-corrected chi connectivity index (χ4v) is 4.17. The number of carboxylic acids is 1. The van der Waals surface area contributed by atoms with Gasteiger partial charge in [-0.15, -0.1) is 0 Å². The van der Waals surface area contributed by atoms with Crippen molar-refractivity contribution in [2.45, 2.75) is 44.0 Å². The molecular weight excluding hydrogens is 278 g/mol. The Kier molecular flexibility index (Phi) is 4.15. The molecule has 0 amide bonds. The van der Waals surface area contributed by atoms with Crippen molar-refractivity contribution in [3.05, 3.63) is 29.3 Å². The number of carbonyl (C=O) groups is 1. The maximum atomic E-state index is 12.4. The van der Waals surface area contributed by atoms with Crippen molar-refractivity contribution in [3.8, 4) is 0 Å². The Morgan fingerprint density at radius 3 is 2.60 bits per heavy atom. The van der Waals surface area contributed by atoms with Crippen LogP contribution in [0.15, 0.2) is 23.1 Å². The van der Waals surface area contributed by atoms with E-state index in [1.807, 2.05) is 0 Å². The first-order valence-electron chi connectivity index (χ1n) is 6.66. The molecule has 20 heavy (non-hydrogen) atoms. The van der Waals surface area contributed by atoms with E-state index in [2.05, 4.69) is 11.6 Å². The van der Waals surface area contributed by atoms with Crippen LogP contribution in [0.25, 0.3) is 0 Å². The Bertz CT molecular complexity index is 624. The van der Waals surface area contributed by atoms with E-state index in [4.69, 9.17) is 5.11 Å². The zero-order chi connectivity index (χ0) is 14.9. The summed E-state index contributed by atoms with van der Waals surface area (Å²) in [6, 6.07) is 4.10. The Morgan fingerprint density at radius 1 is 1.35 bits per heavy atom. The minimum atomic E-state index is -3.67. The molecule has 2 N–H and O–H groups in total. The van der Waals surface area contributed by atoms with Crippen LogP contribution in [0.1, 0.15) is 42.1 Å². The molecule has 0 bridgehead atoms. The van der Waals surface area contributed by atoms with E-state index < -0.39 is 16.0 Å². The van der Waals surface area contributed by atoms with E-state index in [0.29, 0.717) is 11.5 Å². The number of carboxylic acid groups (broad SMARTS) is 1. The van der Waals surface area contributed by atoms with Crippen LogP contribution in [0, 0.1) is 12.8 Å². The summed E-state index contributed by atoms with van der Waals surface area (Å²) in [7, 11) is -3.67. The molecule has 6 heteroatoms. The number of aromatic carboxylic acids is 1. The van der Waals surface area contributed by atoms with Crippen LogP contribution in [-0.4, -0.2) is 25.5 Å². The number of rotatable bonds is 4. The molecule has 0 aliphatic heterocycles. The lowest BCUT2D eigenvalue weighted by molar-refractivity contribution is 0.0696. The quantitative estimate of drug-likeness (QED) is 0.892. The third kappa shape index (κ3) is 3.19. The predicted molar refractivity (Wildman–Crippen MR) is 75.3 cm³/mol. The van der Waals surface area contributed by atoms with Crippen LogP contribution < -0.4 is 4.72 Å². The van der Waals surface area contributed by atoms with Crippen molar-refractivity contribution >= 4 is 16.0 Å². The second kappa shape index (κ2) is 5.54. The van der Waals surface area contributed by atoms with E-state index in [0.717, 1.165) is 19.3 Å². The molecule has 2 atom stereocenters. The molecule has 1 saturated carbocycles. The minimum Gasteiger partial charge on any atom is -0.478 e. The van der Waals surface area contributed by atoms with E-state index in [-0.39, 0.29) is 16.5 Å². The third-order valence-corrected chi connectivity index (χ3v) is 5.40. The summed E-state index contributed by atoms with van der Waals surface area (Å²) >= 11 is 0. The Balaban J connectivity index is 2.29. The summed E-state index contributed by atoms with van der Waals surface area (Å²) in [5, 5.41) is 8.97. The summed E-state index contributed by atoms with van der Waals surface area (Å²) in [5.74, 6) is -0.606. The lowest BCUT2D eigenvalue weighted by atomic mass is 10.1. The maximum Gasteiger partial charge on any atom is 0.335 e. The fraction of sp³-hybridized carbons (Fsp3) is 0.500. The van der Waals surface area contributed by atoms with Crippen LogP contribution in [0.5, 0.6) is 0 Å². The molecule has 1 aliphatic carbocycles. The van der Waals surface area contributed by atoms with Gasteiger partial charge in [0.05, 0.1) is 10.5 Å². The van der Waals surface area contributed by atoms with Gasteiger partial charge in [-0.3, -0.25) is 0 Å². The average Bonchev–Trinajstić information content (AvgIpc) is 2.73. The first kappa shape index (κ1) is 15.0. The van der Waals surface area contributed by atoms with Gasteiger partial charge in [0, 0.05) is 6.04 Å². The molecule has 2 rings (SSSR count). The summed E-state index contributed by atoms with van der Waals surface area (Å²) in [6.45, 7) is 3.77. The standard InChI is InChI=1S/C14H19NO4S/c1-9-3-6-12(7-9)15-20(18,19)13-8-11(14(16)17)5-4-10(13)2/h4-5,8-9,12,15H,3,6-7H2,1-2H3,(H,16,17). The first-order valence-corrected chi connectivity index (χ1v) is 8.14. The molecule has 1 aromatic rings. The highest BCUT2D eigenvalue weighted by Gasteiger charge is 2.27. The van der Waals surface area contributed by atoms with E-state index in [9.17, 15) is 13.2 Å². The zero-order valence-corrected chi connectivity index (χ0v) is 12.4. The Morgan fingerprint density at radius 2 is 2.05 bits per heavy atom. The molecule has 0 aromatic heterocycles. The van der Waals surface area contributed by atoms with E-state index in [1.54, 1.807) is 6.92 Å². The van der Waals surface area contributed by atoms with Crippen molar-refractivity contribution in [3.63, 3.8) is 0 Å². The fourth-order valence-electron chi connectivity index (χ4n) is 2.62. The second-order valence-corrected chi connectivity index (χ2v) is 7.20. The van der Waals surface area contributed by atoms with Gasteiger partial charge in [-0.05, 0) is 49.8 Å². The molecule has 2 unspecified atom stereocenters. The van der Waals surface area contributed by atoms with E-state index >= 15 is 0 Å². The van der Waals surface area contributed by atoms with Crippen molar-refractivity contribution < 1.29 is 18.3 Å². The average molecular weight is 297 g/mol. The van der Waals surface area contributed by atoms with Crippen LogP contribution in [0.4, 0.5) is 0 Å². The summed E-state index contributed by atoms with van der Waals surface area (Å²) < 4.78 is 27.5. The first-order chi connectivity index (χ1) is 9.29. The third-order valence-electron chi connectivity index (χ3n) is 3.74. The van der Waals surface area contributed by atoms with Crippen LogP contribution in [0.2, 0.25) is 0 Å². The number of hydrogen-bond acceptors (Lipinski definition) is 3. The molecule has 110 valence electrons. The Labute approximate surface area is 119 Å². The van der Waals surface area contributed by atoms with Gasteiger partial charge >= 0.3 is 5.97 Å². The molecule has 0 radical (unpaired) electrons. The molecular formula is C14H19NO4S. The molecule has 1 aliphatic rings.